The van der Waals surface area contributed by atoms with Gasteiger partial charge in [-0.1, -0.05) is 35.4 Å². The molecule has 3 N–H and O–H groups in total. The van der Waals surface area contributed by atoms with Crippen molar-refractivity contribution in [2.75, 3.05) is 11.9 Å². The molecule has 0 saturated heterocycles. The van der Waals surface area contributed by atoms with Crippen LogP contribution in [0.3, 0.4) is 0 Å². The maximum absolute atomic E-state index is 13.4. The zero-order valence-corrected chi connectivity index (χ0v) is 13.6. The summed E-state index contributed by atoms with van der Waals surface area (Å²) in [5.41, 5.74) is 3.09. The van der Waals surface area contributed by atoms with Crippen molar-refractivity contribution in [1.29, 1.82) is 0 Å². The standard InChI is InChI=1S/C17H18ClFN2O2/c1-10-3-6-15(11(2)7-10)21-17(23)20-9-16(22)12-4-5-13(18)14(19)8-12/h3-8,16,22H,9H2,1-2H3,(H2,20,21,23). The summed E-state index contributed by atoms with van der Waals surface area (Å²) in [7, 11) is 0. The maximum atomic E-state index is 13.4. The van der Waals surface area contributed by atoms with Gasteiger partial charge in [0.25, 0.3) is 0 Å². The Morgan fingerprint density at radius 1 is 1.26 bits per heavy atom. The molecule has 0 heterocycles. The summed E-state index contributed by atoms with van der Waals surface area (Å²) >= 11 is 5.59. The first-order valence-electron chi connectivity index (χ1n) is 7.12. The molecule has 1 atom stereocenters. The van der Waals surface area contributed by atoms with Gasteiger partial charge in [0.2, 0.25) is 0 Å². The second-order valence-electron chi connectivity index (χ2n) is 5.34. The molecule has 2 rings (SSSR count). The Kier molecular flexibility index (Phi) is 5.58. The summed E-state index contributed by atoms with van der Waals surface area (Å²) in [6.45, 7) is 3.82. The van der Waals surface area contributed by atoms with Gasteiger partial charge in [-0.05, 0) is 43.2 Å². The minimum atomic E-state index is -1.02. The number of aliphatic hydroxyl groups excluding tert-OH is 1. The van der Waals surface area contributed by atoms with Crippen molar-refractivity contribution in [1.82, 2.24) is 5.32 Å². The zero-order valence-electron chi connectivity index (χ0n) is 12.9. The van der Waals surface area contributed by atoms with E-state index in [4.69, 9.17) is 11.6 Å². The van der Waals surface area contributed by atoms with E-state index < -0.39 is 18.0 Å². The lowest BCUT2D eigenvalue weighted by Crippen LogP contribution is -2.32. The number of carbonyl (C=O) groups excluding carboxylic acids is 1. The van der Waals surface area contributed by atoms with E-state index >= 15 is 0 Å². The van der Waals surface area contributed by atoms with E-state index in [2.05, 4.69) is 10.6 Å². The molecule has 0 radical (unpaired) electrons. The van der Waals surface area contributed by atoms with Gasteiger partial charge in [-0.2, -0.15) is 0 Å². The molecule has 0 bridgehead atoms. The van der Waals surface area contributed by atoms with Gasteiger partial charge in [0.05, 0.1) is 11.1 Å². The Morgan fingerprint density at radius 3 is 2.65 bits per heavy atom. The van der Waals surface area contributed by atoms with Gasteiger partial charge < -0.3 is 15.7 Å². The highest BCUT2D eigenvalue weighted by molar-refractivity contribution is 6.30. The van der Waals surface area contributed by atoms with Crippen molar-refractivity contribution < 1.29 is 14.3 Å². The lowest BCUT2D eigenvalue weighted by Gasteiger charge is -2.14. The fourth-order valence-corrected chi connectivity index (χ4v) is 2.26. The lowest BCUT2D eigenvalue weighted by molar-refractivity contribution is 0.174. The molecule has 0 spiro atoms. The van der Waals surface area contributed by atoms with E-state index in [1.807, 2.05) is 32.0 Å². The van der Waals surface area contributed by atoms with Crippen molar-refractivity contribution in [3.63, 3.8) is 0 Å². The highest BCUT2D eigenvalue weighted by atomic mass is 35.5. The number of rotatable bonds is 4. The lowest BCUT2D eigenvalue weighted by atomic mass is 10.1. The van der Waals surface area contributed by atoms with E-state index in [1.54, 1.807) is 0 Å². The number of hydrogen-bond donors (Lipinski definition) is 3. The molecule has 2 aromatic rings. The van der Waals surface area contributed by atoms with Crippen LogP contribution in [0.25, 0.3) is 0 Å². The minimum Gasteiger partial charge on any atom is -0.387 e. The Morgan fingerprint density at radius 2 is 2.00 bits per heavy atom. The Labute approximate surface area is 139 Å². The van der Waals surface area contributed by atoms with E-state index in [1.165, 1.54) is 12.1 Å². The number of aryl methyl sites for hydroxylation is 2. The molecule has 0 aromatic heterocycles. The molecular weight excluding hydrogens is 319 g/mol. The van der Waals surface area contributed by atoms with Gasteiger partial charge in [-0.15, -0.1) is 0 Å². The molecule has 6 heteroatoms. The van der Waals surface area contributed by atoms with Gasteiger partial charge in [0.15, 0.2) is 0 Å². The normalized spacial score (nSPS) is 11.9. The fourth-order valence-electron chi connectivity index (χ4n) is 2.15. The topological polar surface area (TPSA) is 61.4 Å². The van der Waals surface area contributed by atoms with Crippen molar-refractivity contribution in [3.8, 4) is 0 Å². The number of halogens is 2. The SMILES string of the molecule is Cc1ccc(NC(=O)NCC(O)c2ccc(Cl)c(F)c2)c(C)c1. The van der Waals surface area contributed by atoms with E-state index in [9.17, 15) is 14.3 Å². The summed E-state index contributed by atoms with van der Waals surface area (Å²) < 4.78 is 13.4. The molecule has 23 heavy (non-hydrogen) atoms. The first kappa shape index (κ1) is 17.2. The van der Waals surface area contributed by atoms with Crippen LogP contribution < -0.4 is 10.6 Å². The third-order valence-corrected chi connectivity index (χ3v) is 3.72. The van der Waals surface area contributed by atoms with Gasteiger partial charge in [0.1, 0.15) is 5.82 Å². The van der Waals surface area contributed by atoms with Crippen LogP contribution in [0.15, 0.2) is 36.4 Å². The van der Waals surface area contributed by atoms with Crippen LogP contribution in [0.5, 0.6) is 0 Å². The van der Waals surface area contributed by atoms with Crippen LogP contribution in [0.4, 0.5) is 14.9 Å². The summed E-state index contributed by atoms with van der Waals surface area (Å²) in [5.74, 6) is -0.608. The van der Waals surface area contributed by atoms with Crippen LogP contribution in [0.1, 0.15) is 22.8 Å². The maximum Gasteiger partial charge on any atom is 0.319 e. The third-order valence-electron chi connectivity index (χ3n) is 3.41. The molecule has 0 fully saturated rings. The zero-order chi connectivity index (χ0) is 17.0. The fraction of sp³-hybridized carbons (Fsp3) is 0.235. The number of nitrogens with one attached hydrogen (secondary N) is 2. The molecule has 0 saturated carbocycles. The van der Waals surface area contributed by atoms with Gasteiger partial charge in [-0.25, -0.2) is 9.18 Å². The summed E-state index contributed by atoms with van der Waals surface area (Å²) in [4.78, 5) is 11.9. The van der Waals surface area contributed by atoms with Gasteiger partial charge in [0, 0.05) is 12.2 Å². The third kappa shape index (κ3) is 4.68. The predicted octanol–water partition coefficient (Wildman–Crippen LogP) is 3.95. The molecule has 0 aliphatic carbocycles. The van der Waals surface area contributed by atoms with Crippen molar-refractivity contribution in [2.45, 2.75) is 20.0 Å². The van der Waals surface area contributed by atoms with Gasteiger partial charge in [-0.3, -0.25) is 0 Å². The predicted molar refractivity (Wildman–Crippen MR) is 89.3 cm³/mol. The highest BCUT2D eigenvalue weighted by Crippen LogP contribution is 2.20. The first-order valence-corrected chi connectivity index (χ1v) is 7.49. The monoisotopic (exact) mass is 336 g/mol. The molecule has 2 aromatic carbocycles. The first-order chi connectivity index (χ1) is 10.9. The van der Waals surface area contributed by atoms with E-state index in [-0.39, 0.29) is 11.6 Å². The van der Waals surface area contributed by atoms with Gasteiger partial charge >= 0.3 is 6.03 Å². The Hall–Kier alpha value is -2.11. The molecule has 0 aliphatic rings. The average Bonchev–Trinajstić information content (AvgIpc) is 2.50. The summed E-state index contributed by atoms with van der Waals surface area (Å²) in [5, 5.41) is 15.2. The summed E-state index contributed by atoms with van der Waals surface area (Å²) in [6.07, 6.45) is -1.02. The van der Waals surface area contributed by atoms with E-state index in [0.29, 0.717) is 11.3 Å². The Bertz CT molecular complexity index is 722. The van der Waals surface area contributed by atoms with E-state index in [0.717, 1.165) is 17.2 Å². The van der Waals surface area contributed by atoms with Crippen molar-refractivity contribution in [2.24, 2.45) is 0 Å². The minimum absolute atomic E-state index is 0.0125. The second-order valence-corrected chi connectivity index (χ2v) is 5.75. The second kappa shape index (κ2) is 7.44. The van der Waals surface area contributed by atoms with Crippen LogP contribution in [0, 0.1) is 19.7 Å². The number of urea groups is 1. The number of anilines is 1. The molecule has 2 amide bonds. The van der Waals surface area contributed by atoms with Crippen molar-refractivity contribution >= 4 is 23.3 Å². The molecule has 122 valence electrons. The molecule has 4 nitrogen and oxygen atoms in total. The Balaban J connectivity index is 1.91. The molecule has 0 aliphatic heterocycles. The van der Waals surface area contributed by atoms with Crippen LogP contribution in [-0.4, -0.2) is 17.7 Å². The highest BCUT2D eigenvalue weighted by Gasteiger charge is 2.12. The number of hydrogen-bond acceptors (Lipinski definition) is 2. The number of benzene rings is 2. The molecule has 1 unspecified atom stereocenters. The van der Waals surface area contributed by atoms with Crippen LogP contribution in [-0.2, 0) is 0 Å². The largest absolute Gasteiger partial charge is 0.387 e. The number of aliphatic hydroxyl groups is 1. The molecular formula is C17H18ClFN2O2. The summed E-state index contributed by atoms with van der Waals surface area (Å²) in [6, 6.07) is 9.26. The quantitative estimate of drug-likeness (QED) is 0.791. The number of amides is 2. The average molecular weight is 337 g/mol. The van der Waals surface area contributed by atoms with Crippen LogP contribution in [0.2, 0.25) is 5.02 Å². The van der Waals surface area contributed by atoms with Crippen molar-refractivity contribution in [3.05, 3.63) is 63.9 Å². The van der Waals surface area contributed by atoms with Crippen LogP contribution >= 0.6 is 11.6 Å². The smallest absolute Gasteiger partial charge is 0.319 e. The number of carbonyl (C=O) groups is 1.